The van der Waals surface area contributed by atoms with Crippen LogP contribution in [0.5, 0.6) is 0 Å². The number of hydrogen-bond acceptors (Lipinski definition) is 2. The van der Waals surface area contributed by atoms with Crippen molar-refractivity contribution in [3.63, 3.8) is 0 Å². The van der Waals surface area contributed by atoms with Crippen LogP contribution < -0.4 is 0 Å². The molecule has 0 unspecified atom stereocenters. The fourth-order valence-corrected chi connectivity index (χ4v) is 1.93. The topological polar surface area (TPSA) is 12.4 Å². The van der Waals surface area contributed by atoms with E-state index in [1.807, 2.05) is 18.3 Å². The molecule has 0 atom stereocenters. The smallest absolute Gasteiger partial charge is 0.0835 e. The van der Waals surface area contributed by atoms with Crippen LogP contribution in [0, 0.1) is 6.54 Å². The number of nitrogens with zero attached hydrogens (tertiary/aromatic N) is 1. The summed E-state index contributed by atoms with van der Waals surface area (Å²) in [5.41, 5.74) is 0. The molecule has 1 aliphatic rings. The quantitative estimate of drug-likeness (QED) is 0.577. The molecular weight excluding hydrogens is 154 g/mol. The molecule has 2 heteroatoms. The fourth-order valence-electron chi connectivity index (χ4n) is 1.15. The van der Waals surface area contributed by atoms with Gasteiger partial charge < -0.3 is 0 Å². The van der Waals surface area contributed by atoms with Crippen LogP contribution in [0.3, 0.4) is 0 Å². The molecule has 0 aromatic rings. The minimum atomic E-state index is 1.10. The monoisotopic (exact) mass is 170 g/mol. The molecule has 1 nitrogen and oxygen atoms in total. The average Bonchev–Trinajstić information content (AvgIpc) is 2.50. The van der Waals surface area contributed by atoms with Gasteiger partial charge in [-0.05, 0) is 12.8 Å². The van der Waals surface area contributed by atoms with Crippen molar-refractivity contribution >= 4 is 16.8 Å². The predicted octanol–water partition coefficient (Wildman–Crippen LogP) is 3.26. The molecule has 0 N–H and O–H groups in total. The highest BCUT2D eigenvalue weighted by Gasteiger charge is 2.05. The second kappa shape index (κ2) is 5.64. The minimum absolute atomic E-state index is 1.10. The zero-order chi connectivity index (χ0) is 7.94. The summed E-state index contributed by atoms with van der Waals surface area (Å²) in [7, 11) is 0. The van der Waals surface area contributed by atoms with E-state index < -0.39 is 0 Å². The Kier molecular flexibility index (Phi) is 4.67. The highest BCUT2D eigenvalue weighted by molar-refractivity contribution is 8.14. The number of aliphatic imine (C=N–C) groups is 1. The Morgan fingerprint density at radius 3 is 3.00 bits per heavy atom. The van der Waals surface area contributed by atoms with Crippen LogP contribution >= 0.6 is 11.8 Å². The van der Waals surface area contributed by atoms with Crippen LogP contribution in [0.1, 0.15) is 39.0 Å². The molecule has 0 aromatic carbocycles. The highest BCUT2D eigenvalue weighted by atomic mass is 32.2. The highest BCUT2D eigenvalue weighted by Crippen LogP contribution is 2.19. The summed E-state index contributed by atoms with van der Waals surface area (Å²) in [5, 5.41) is 1.35. The molecule has 0 amide bonds. The maximum absolute atomic E-state index is 4.29. The van der Waals surface area contributed by atoms with Crippen LogP contribution in [0.15, 0.2) is 4.99 Å². The van der Waals surface area contributed by atoms with Gasteiger partial charge in [0.25, 0.3) is 0 Å². The number of unbranched alkanes of at least 4 members (excludes halogenated alkanes) is 3. The van der Waals surface area contributed by atoms with E-state index in [9.17, 15) is 0 Å². The first-order valence-corrected chi connectivity index (χ1v) is 5.43. The van der Waals surface area contributed by atoms with Crippen molar-refractivity contribution < 1.29 is 0 Å². The lowest BCUT2D eigenvalue weighted by Gasteiger charge is -1.97. The largest absolute Gasteiger partial charge is 0.276 e. The van der Waals surface area contributed by atoms with Crippen molar-refractivity contribution in [2.45, 2.75) is 39.0 Å². The molecule has 1 heterocycles. The molecule has 11 heavy (non-hydrogen) atoms. The molecule has 0 saturated heterocycles. The summed E-state index contributed by atoms with van der Waals surface area (Å²) in [4.78, 5) is 4.29. The number of thioether (sulfide) groups is 1. The van der Waals surface area contributed by atoms with E-state index in [4.69, 9.17) is 0 Å². The van der Waals surface area contributed by atoms with Crippen LogP contribution in [0.25, 0.3) is 0 Å². The summed E-state index contributed by atoms with van der Waals surface area (Å²) < 4.78 is 0. The Labute approximate surface area is 73.7 Å². The lowest BCUT2D eigenvalue weighted by Crippen LogP contribution is -1.87. The summed E-state index contributed by atoms with van der Waals surface area (Å²) in [6, 6.07) is 0. The third-order valence-corrected chi connectivity index (χ3v) is 2.76. The van der Waals surface area contributed by atoms with Crippen molar-refractivity contribution in [3.05, 3.63) is 6.54 Å². The first-order valence-electron chi connectivity index (χ1n) is 4.44. The van der Waals surface area contributed by atoms with Crippen molar-refractivity contribution in [2.75, 3.05) is 5.75 Å². The van der Waals surface area contributed by atoms with Crippen LogP contribution in [-0.2, 0) is 0 Å². The molecule has 0 aliphatic carbocycles. The van der Waals surface area contributed by atoms with E-state index in [0.29, 0.717) is 0 Å². The Hall–Kier alpha value is 0.0200. The van der Waals surface area contributed by atoms with Gasteiger partial charge in [0.2, 0.25) is 0 Å². The molecule has 0 bridgehead atoms. The first-order chi connectivity index (χ1) is 5.43. The van der Waals surface area contributed by atoms with Crippen molar-refractivity contribution in [1.29, 1.82) is 0 Å². The maximum Gasteiger partial charge on any atom is 0.0835 e. The zero-order valence-electron chi connectivity index (χ0n) is 7.18. The zero-order valence-corrected chi connectivity index (χ0v) is 7.99. The molecular formula is C9H16NS. The summed E-state index contributed by atoms with van der Waals surface area (Å²) in [6.07, 6.45) is 6.61. The lowest BCUT2D eigenvalue weighted by molar-refractivity contribution is 0.685. The molecule has 1 aliphatic heterocycles. The van der Waals surface area contributed by atoms with Gasteiger partial charge in [-0.25, -0.2) is 0 Å². The van der Waals surface area contributed by atoms with E-state index in [0.717, 1.165) is 5.75 Å². The van der Waals surface area contributed by atoms with Gasteiger partial charge in [-0.1, -0.05) is 26.2 Å². The van der Waals surface area contributed by atoms with Gasteiger partial charge in [0.15, 0.2) is 0 Å². The van der Waals surface area contributed by atoms with Gasteiger partial charge >= 0.3 is 0 Å². The van der Waals surface area contributed by atoms with Gasteiger partial charge in [0, 0.05) is 5.75 Å². The number of rotatable bonds is 5. The van der Waals surface area contributed by atoms with E-state index >= 15 is 0 Å². The normalized spacial score (nSPS) is 17.0. The Balaban J connectivity index is 1.94. The molecule has 1 radical (unpaired) electrons. The van der Waals surface area contributed by atoms with E-state index in [2.05, 4.69) is 11.9 Å². The van der Waals surface area contributed by atoms with Crippen molar-refractivity contribution in [1.82, 2.24) is 0 Å². The molecule has 0 aromatic heterocycles. The van der Waals surface area contributed by atoms with E-state index in [-0.39, 0.29) is 0 Å². The fraction of sp³-hybridized carbons (Fsp3) is 0.778. The number of hydrogen-bond donors (Lipinski definition) is 0. The lowest BCUT2D eigenvalue weighted by atomic mass is 10.2. The van der Waals surface area contributed by atoms with Gasteiger partial charge in [0.1, 0.15) is 0 Å². The Morgan fingerprint density at radius 1 is 1.45 bits per heavy atom. The molecule has 63 valence electrons. The van der Waals surface area contributed by atoms with Crippen molar-refractivity contribution in [3.8, 4) is 0 Å². The molecule has 0 fully saturated rings. The van der Waals surface area contributed by atoms with Gasteiger partial charge in [0.05, 0.1) is 11.6 Å². The second-order valence-corrected chi connectivity index (χ2v) is 3.92. The summed E-state index contributed by atoms with van der Waals surface area (Å²) in [6.45, 7) is 4.26. The summed E-state index contributed by atoms with van der Waals surface area (Å²) >= 11 is 1.89. The standard InChI is InChI=1S/C9H16NS/c1-2-3-4-5-6-9-10-7-8-11-9/h7H,2-6,8H2,1H3. The van der Waals surface area contributed by atoms with E-state index in [1.54, 1.807) is 0 Å². The molecule has 0 saturated carbocycles. The van der Waals surface area contributed by atoms with E-state index in [1.165, 1.54) is 37.1 Å². The average molecular weight is 170 g/mol. The predicted molar refractivity (Wildman–Crippen MR) is 53.0 cm³/mol. The van der Waals surface area contributed by atoms with Crippen LogP contribution in [0.2, 0.25) is 0 Å². The van der Waals surface area contributed by atoms with Gasteiger partial charge in [-0.2, -0.15) is 0 Å². The van der Waals surface area contributed by atoms with Gasteiger partial charge in [-0.15, -0.1) is 11.8 Å². The Morgan fingerprint density at radius 2 is 2.36 bits per heavy atom. The minimum Gasteiger partial charge on any atom is -0.276 e. The third kappa shape index (κ3) is 3.80. The summed E-state index contributed by atoms with van der Waals surface area (Å²) in [5.74, 6) is 1.10. The Bertz CT molecular complexity index is 132. The van der Waals surface area contributed by atoms with Crippen molar-refractivity contribution in [2.24, 2.45) is 4.99 Å². The first kappa shape index (κ1) is 9.11. The SMILES string of the molecule is CCCCCCC1=N[CH]CS1. The maximum atomic E-state index is 4.29. The third-order valence-electron chi connectivity index (χ3n) is 1.80. The van der Waals surface area contributed by atoms with Gasteiger partial charge in [-0.3, -0.25) is 4.99 Å². The second-order valence-electron chi connectivity index (χ2n) is 2.83. The molecule has 1 rings (SSSR count). The van der Waals surface area contributed by atoms with Crippen LogP contribution in [0.4, 0.5) is 0 Å². The molecule has 0 spiro atoms. The van der Waals surface area contributed by atoms with Crippen LogP contribution in [-0.4, -0.2) is 10.8 Å².